The van der Waals surface area contributed by atoms with Gasteiger partial charge in [-0.05, 0) is 12.3 Å². The fourth-order valence-corrected chi connectivity index (χ4v) is 1.32. The van der Waals surface area contributed by atoms with E-state index in [1.807, 2.05) is 20.8 Å². The van der Waals surface area contributed by atoms with Gasteiger partial charge in [0.15, 0.2) is 5.78 Å². The molecule has 1 aromatic heterocycles. The van der Waals surface area contributed by atoms with Gasteiger partial charge < -0.3 is 5.11 Å². The highest BCUT2D eigenvalue weighted by molar-refractivity contribution is 5.99. The number of rotatable bonds is 5. The monoisotopic (exact) mass is 210 g/mol. The Morgan fingerprint density at radius 2 is 2.27 bits per heavy atom. The Bertz CT molecular complexity index is 331. The maximum atomic E-state index is 11.7. The molecule has 0 amide bonds. The van der Waals surface area contributed by atoms with E-state index in [4.69, 9.17) is 0 Å². The summed E-state index contributed by atoms with van der Waals surface area (Å²) in [6.07, 6.45) is 3.26. The van der Waals surface area contributed by atoms with Gasteiger partial charge in [-0.3, -0.25) is 9.48 Å². The summed E-state index contributed by atoms with van der Waals surface area (Å²) in [5, 5.41) is 13.7. The zero-order valence-corrected chi connectivity index (χ0v) is 9.47. The van der Waals surface area contributed by atoms with Gasteiger partial charge in [0.05, 0.1) is 11.8 Å². The fourth-order valence-electron chi connectivity index (χ4n) is 1.32. The van der Waals surface area contributed by atoms with Crippen molar-refractivity contribution in [2.45, 2.75) is 39.8 Å². The number of hydrogen-bond donors (Lipinski definition) is 1. The van der Waals surface area contributed by atoms with Crippen molar-refractivity contribution in [2.24, 2.45) is 5.92 Å². The third-order valence-corrected chi connectivity index (χ3v) is 2.27. The van der Waals surface area contributed by atoms with Crippen molar-refractivity contribution in [3.8, 4) is 0 Å². The summed E-state index contributed by atoms with van der Waals surface area (Å²) in [5.74, 6) is -0.306. The topological polar surface area (TPSA) is 55.1 Å². The summed E-state index contributed by atoms with van der Waals surface area (Å²) in [7, 11) is 0. The Balaban J connectivity index is 2.74. The highest BCUT2D eigenvalue weighted by Gasteiger charge is 2.21. The Labute approximate surface area is 89.9 Å². The number of ketones is 1. The molecule has 0 saturated heterocycles. The van der Waals surface area contributed by atoms with Crippen molar-refractivity contribution in [3.05, 3.63) is 18.0 Å². The van der Waals surface area contributed by atoms with E-state index >= 15 is 0 Å². The molecule has 4 heteroatoms. The van der Waals surface area contributed by atoms with Gasteiger partial charge in [-0.1, -0.05) is 20.8 Å². The minimum absolute atomic E-state index is 0.0629. The first-order valence-electron chi connectivity index (χ1n) is 5.31. The molecule has 0 radical (unpaired) electrons. The normalized spacial score (nSPS) is 13.1. The van der Waals surface area contributed by atoms with E-state index < -0.39 is 6.10 Å². The zero-order chi connectivity index (χ0) is 11.4. The lowest BCUT2D eigenvalue weighted by atomic mass is 10.00. The lowest BCUT2D eigenvalue weighted by Gasteiger charge is -2.11. The molecule has 0 aliphatic carbocycles. The number of carbonyl (C=O) groups excluding carboxylic acids is 1. The maximum absolute atomic E-state index is 11.7. The summed E-state index contributed by atoms with van der Waals surface area (Å²) >= 11 is 0. The average molecular weight is 210 g/mol. The molecule has 0 aromatic carbocycles. The summed E-state index contributed by atoms with van der Waals surface area (Å²) < 4.78 is 1.72. The molecule has 15 heavy (non-hydrogen) atoms. The molecule has 0 aliphatic heterocycles. The van der Waals surface area contributed by atoms with Crippen LogP contribution in [0.2, 0.25) is 0 Å². The largest absolute Gasteiger partial charge is 0.385 e. The first-order chi connectivity index (χ1) is 7.06. The molecule has 1 atom stereocenters. The van der Waals surface area contributed by atoms with E-state index in [-0.39, 0.29) is 11.7 Å². The first kappa shape index (κ1) is 11.9. The van der Waals surface area contributed by atoms with E-state index in [0.717, 1.165) is 13.0 Å². The number of aliphatic hydroxyl groups is 1. The van der Waals surface area contributed by atoms with E-state index in [9.17, 15) is 9.90 Å². The molecule has 1 unspecified atom stereocenters. The van der Waals surface area contributed by atoms with Crippen LogP contribution in [-0.2, 0) is 6.54 Å². The summed E-state index contributed by atoms with van der Waals surface area (Å²) in [6.45, 7) is 6.48. The smallest absolute Gasteiger partial charge is 0.194 e. The fraction of sp³-hybridized carbons (Fsp3) is 0.636. The van der Waals surface area contributed by atoms with E-state index in [0.29, 0.717) is 5.56 Å². The second kappa shape index (κ2) is 5.07. The van der Waals surface area contributed by atoms with Crippen LogP contribution in [0.4, 0.5) is 0 Å². The Morgan fingerprint density at radius 3 is 2.80 bits per heavy atom. The molecule has 0 spiro atoms. The Hall–Kier alpha value is -1.16. The number of hydrogen-bond acceptors (Lipinski definition) is 3. The van der Waals surface area contributed by atoms with Gasteiger partial charge in [0, 0.05) is 12.7 Å². The van der Waals surface area contributed by atoms with Crippen LogP contribution in [0.1, 0.15) is 37.6 Å². The second-order valence-corrected chi connectivity index (χ2v) is 4.05. The number of aryl methyl sites for hydroxylation is 1. The van der Waals surface area contributed by atoms with Crippen LogP contribution in [0.3, 0.4) is 0 Å². The molecule has 1 N–H and O–H groups in total. The van der Waals surface area contributed by atoms with Gasteiger partial charge >= 0.3 is 0 Å². The lowest BCUT2D eigenvalue weighted by Crippen LogP contribution is -2.25. The maximum Gasteiger partial charge on any atom is 0.194 e. The quantitative estimate of drug-likeness (QED) is 0.749. The lowest BCUT2D eigenvalue weighted by molar-refractivity contribution is 0.0648. The van der Waals surface area contributed by atoms with E-state index in [1.54, 1.807) is 10.9 Å². The molecule has 1 heterocycles. The highest BCUT2D eigenvalue weighted by atomic mass is 16.3. The van der Waals surface area contributed by atoms with Crippen molar-refractivity contribution >= 4 is 5.78 Å². The molecular weight excluding hydrogens is 192 g/mol. The van der Waals surface area contributed by atoms with Crippen LogP contribution in [0.5, 0.6) is 0 Å². The van der Waals surface area contributed by atoms with Crippen LogP contribution >= 0.6 is 0 Å². The molecule has 4 nitrogen and oxygen atoms in total. The van der Waals surface area contributed by atoms with Gasteiger partial charge in [0.25, 0.3) is 0 Å². The van der Waals surface area contributed by atoms with Crippen LogP contribution in [0.25, 0.3) is 0 Å². The molecule has 0 aliphatic rings. The molecule has 0 bridgehead atoms. The Kier molecular flexibility index (Phi) is 4.03. The summed E-state index contributed by atoms with van der Waals surface area (Å²) in [5.41, 5.74) is 0.490. The number of carbonyl (C=O) groups is 1. The molecule has 0 saturated carbocycles. The van der Waals surface area contributed by atoms with Crippen molar-refractivity contribution < 1.29 is 9.90 Å². The molecule has 1 aromatic rings. The third kappa shape index (κ3) is 2.89. The number of nitrogens with zero attached hydrogens (tertiary/aromatic N) is 2. The second-order valence-electron chi connectivity index (χ2n) is 4.05. The minimum Gasteiger partial charge on any atom is -0.385 e. The predicted molar refractivity (Wildman–Crippen MR) is 57.7 cm³/mol. The molecule has 1 rings (SSSR count). The van der Waals surface area contributed by atoms with Crippen LogP contribution in [0.15, 0.2) is 12.4 Å². The van der Waals surface area contributed by atoms with Gasteiger partial charge in [0.1, 0.15) is 6.10 Å². The SMILES string of the molecule is CCCn1cc(C(=O)C(O)C(C)C)cn1. The van der Waals surface area contributed by atoms with Crippen LogP contribution in [0, 0.1) is 5.92 Å². The number of aliphatic hydroxyl groups excluding tert-OH is 1. The summed E-state index contributed by atoms with van der Waals surface area (Å²) in [6, 6.07) is 0. The van der Waals surface area contributed by atoms with Crippen molar-refractivity contribution in [2.75, 3.05) is 0 Å². The number of aromatic nitrogens is 2. The molecule has 84 valence electrons. The van der Waals surface area contributed by atoms with Gasteiger partial charge in [-0.2, -0.15) is 5.10 Å². The Morgan fingerprint density at radius 1 is 1.60 bits per heavy atom. The standard InChI is InChI=1S/C11H18N2O2/c1-4-5-13-7-9(6-12-13)11(15)10(14)8(2)3/h6-8,10,14H,4-5H2,1-3H3. The molecular formula is C11H18N2O2. The van der Waals surface area contributed by atoms with Crippen molar-refractivity contribution in [3.63, 3.8) is 0 Å². The van der Waals surface area contributed by atoms with Crippen LogP contribution in [-0.4, -0.2) is 26.8 Å². The van der Waals surface area contributed by atoms with Gasteiger partial charge in [0.2, 0.25) is 0 Å². The van der Waals surface area contributed by atoms with Crippen LogP contribution < -0.4 is 0 Å². The minimum atomic E-state index is -0.927. The van der Waals surface area contributed by atoms with Gasteiger partial charge in [-0.15, -0.1) is 0 Å². The predicted octanol–water partition coefficient (Wildman–Crippen LogP) is 1.49. The average Bonchev–Trinajstić information content (AvgIpc) is 2.64. The highest BCUT2D eigenvalue weighted by Crippen LogP contribution is 2.09. The van der Waals surface area contributed by atoms with Gasteiger partial charge in [-0.25, -0.2) is 0 Å². The first-order valence-corrected chi connectivity index (χ1v) is 5.31. The number of Topliss-reactive ketones (excluding diaryl/α,β-unsaturated/α-hetero) is 1. The summed E-state index contributed by atoms with van der Waals surface area (Å²) in [4.78, 5) is 11.7. The van der Waals surface area contributed by atoms with E-state index in [2.05, 4.69) is 5.10 Å². The van der Waals surface area contributed by atoms with Crippen molar-refractivity contribution in [1.82, 2.24) is 9.78 Å². The molecule has 0 fully saturated rings. The van der Waals surface area contributed by atoms with E-state index in [1.165, 1.54) is 6.20 Å². The third-order valence-electron chi connectivity index (χ3n) is 2.27. The van der Waals surface area contributed by atoms with Crippen molar-refractivity contribution in [1.29, 1.82) is 0 Å². The zero-order valence-electron chi connectivity index (χ0n) is 9.47.